The molecule has 2 N–H and O–H groups in total. The third kappa shape index (κ3) is 13.0. The molecular weight excluding hydrogens is 336 g/mol. The average molecular weight is 377 g/mol. The topological polar surface area (TPSA) is 49.0 Å². The SMILES string of the molecule is CCC(C)NCCOCCN1CCN(CCOCCNCSC)CC1. The Morgan fingerprint density at radius 2 is 1.48 bits per heavy atom. The van der Waals surface area contributed by atoms with Gasteiger partial charge in [0.05, 0.1) is 26.4 Å². The molecule has 0 spiro atoms. The van der Waals surface area contributed by atoms with E-state index in [-0.39, 0.29) is 0 Å². The van der Waals surface area contributed by atoms with Crippen molar-refractivity contribution in [1.82, 2.24) is 20.4 Å². The highest BCUT2D eigenvalue weighted by atomic mass is 32.2. The Morgan fingerprint density at radius 3 is 2.00 bits per heavy atom. The van der Waals surface area contributed by atoms with Gasteiger partial charge in [-0.05, 0) is 19.6 Å². The molecule has 1 aliphatic rings. The molecule has 25 heavy (non-hydrogen) atoms. The summed E-state index contributed by atoms with van der Waals surface area (Å²) < 4.78 is 11.4. The molecule has 150 valence electrons. The predicted octanol–water partition coefficient (Wildman–Crippen LogP) is 0.935. The van der Waals surface area contributed by atoms with Crippen LogP contribution in [0.5, 0.6) is 0 Å². The molecule has 1 rings (SSSR count). The Hall–Kier alpha value is 0.110. The normalized spacial score (nSPS) is 17.9. The van der Waals surface area contributed by atoms with Crippen molar-refractivity contribution >= 4 is 11.8 Å². The summed E-state index contributed by atoms with van der Waals surface area (Å²) in [6.07, 6.45) is 3.27. The van der Waals surface area contributed by atoms with Gasteiger partial charge in [0.25, 0.3) is 0 Å². The van der Waals surface area contributed by atoms with Gasteiger partial charge in [-0.25, -0.2) is 0 Å². The first-order valence-corrected chi connectivity index (χ1v) is 11.2. The number of nitrogens with one attached hydrogen (secondary N) is 2. The van der Waals surface area contributed by atoms with E-state index in [0.29, 0.717) is 6.04 Å². The molecule has 0 aliphatic carbocycles. The lowest BCUT2D eigenvalue weighted by Gasteiger charge is -2.34. The van der Waals surface area contributed by atoms with E-state index in [4.69, 9.17) is 9.47 Å². The molecule has 0 aromatic carbocycles. The number of piperazine rings is 1. The molecule has 0 saturated carbocycles. The van der Waals surface area contributed by atoms with Crippen LogP contribution in [-0.4, -0.2) is 107 Å². The molecule has 1 aliphatic heterocycles. The zero-order valence-corrected chi connectivity index (χ0v) is 17.4. The molecule has 1 saturated heterocycles. The fraction of sp³-hybridized carbons (Fsp3) is 1.00. The molecule has 1 unspecified atom stereocenters. The van der Waals surface area contributed by atoms with E-state index in [2.05, 4.69) is 40.5 Å². The van der Waals surface area contributed by atoms with E-state index >= 15 is 0 Å². The van der Waals surface area contributed by atoms with Crippen molar-refractivity contribution in [2.75, 3.05) is 90.9 Å². The largest absolute Gasteiger partial charge is 0.379 e. The lowest BCUT2D eigenvalue weighted by molar-refractivity contribution is 0.0577. The highest BCUT2D eigenvalue weighted by Gasteiger charge is 2.15. The van der Waals surface area contributed by atoms with Crippen LogP contribution < -0.4 is 10.6 Å². The van der Waals surface area contributed by atoms with Crippen LogP contribution in [0.4, 0.5) is 0 Å². The maximum absolute atomic E-state index is 5.73. The molecular formula is C18H40N4O2S. The van der Waals surface area contributed by atoms with E-state index in [9.17, 15) is 0 Å². The van der Waals surface area contributed by atoms with Crippen LogP contribution in [0.25, 0.3) is 0 Å². The van der Waals surface area contributed by atoms with Crippen LogP contribution in [0.1, 0.15) is 20.3 Å². The quantitative estimate of drug-likeness (QED) is 0.307. The Morgan fingerprint density at radius 1 is 0.920 bits per heavy atom. The van der Waals surface area contributed by atoms with Crippen molar-refractivity contribution in [2.45, 2.75) is 26.3 Å². The lowest BCUT2D eigenvalue weighted by atomic mass is 10.3. The Labute approximate surface area is 159 Å². The van der Waals surface area contributed by atoms with Crippen molar-refractivity contribution in [3.05, 3.63) is 0 Å². The minimum Gasteiger partial charge on any atom is -0.379 e. The Kier molecular flexibility index (Phi) is 15.1. The van der Waals surface area contributed by atoms with Gasteiger partial charge in [-0.2, -0.15) is 0 Å². The Balaban J connectivity index is 1.87. The van der Waals surface area contributed by atoms with Crippen LogP contribution >= 0.6 is 11.8 Å². The number of hydrogen-bond acceptors (Lipinski definition) is 7. The number of rotatable bonds is 16. The van der Waals surface area contributed by atoms with Crippen LogP contribution in [0.3, 0.4) is 0 Å². The minimum atomic E-state index is 0.590. The summed E-state index contributed by atoms with van der Waals surface area (Å²) in [5.41, 5.74) is 0. The molecule has 0 aromatic heterocycles. The van der Waals surface area contributed by atoms with Crippen molar-refractivity contribution in [3.63, 3.8) is 0 Å². The van der Waals surface area contributed by atoms with Crippen molar-refractivity contribution in [2.24, 2.45) is 0 Å². The molecule has 0 amide bonds. The number of nitrogens with zero attached hydrogens (tertiary/aromatic N) is 2. The molecule has 0 radical (unpaired) electrons. The highest BCUT2D eigenvalue weighted by molar-refractivity contribution is 7.98. The van der Waals surface area contributed by atoms with Crippen LogP contribution in [0, 0.1) is 0 Å². The fourth-order valence-corrected chi connectivity index (χ4v) is 3.02. The van der Waals surface area contributed by atoms with Gasteiger partial charge in [0.2, 0.25) is 0 Å². The summed E-state index contributed by atoms with van der Waals surface area (Å²) in [7, 11) is 0. The van der Waals surface area contributed by atoms with Crippen LogP contribution in [0.2, 0.25) is 0 Å². The van der Waals surface area contributed by atoms with Gasteiger partial charge in [0.1, 0.15) is 0 Å². The third-order valence-electron chi connectivity index (χ3n) is 4.59. The second-order valence-corrected chi connectivity index (χ2v) is 7.47. The van der Waals surface area contributed by atoms with Gasteiger partial charge in [-0.3, -0.25) is 9.80 Å². The van der Waals surface area contributed by atoms with Crippen molar-refractivity contribution < 1.29 is 9.47 Å². The smallest absolute Gasteiger partial charge is 0.0594 e. The summed E-state index contributed by atoms with van der Waals surface area (Å²) in [5, 5.41) is 6.77. The summed E-state index contributed by atoms with van der Waals surface area (Å²) >= 11 is 1.81. The monoisotopic (exact) mass is 376 g/mol. The predicted molar refractivity (Wildman–Crippen MR) is 109 cm³/mol. The zero-order valence-electron chi connectivity index (χ0n) is 16.6. The molecule has 1 fully saturated rings. The summed E-state index contributed by atoms with van der Waals surface area (Å²) in [6, 6.07) is 0.590. The van der Waals surface area contributed by atoms with E-state index in [1.54, 1.807) is 0 Å². The minimum absolute atomic E-state index is 0.590. The van der Waals surface area contributed by atoms with Gasteiger partial charge in [0, 0.05) is 64.3 Å². The molecule has 7 heteroatoms. The van der Waals surface area contributed by atoms with Gasteiger partial charge < -0.3 is 20.1 Å². The van der Waals surface area contributed by atoms with E-state index in [0.717, 1.165) is 84.7 Å². The maximum Gasteiger partial charge on any atom is 0.0594 e. The molecule has 1 heterocycles. The van der Waals surface area contributed by atoms with Crippen LogP contribution in [-0.2, 0) is 9.47 Å². The standard InChI is InChI=1S/C18H40N4O2S/c1-4-18(2)20-6-14-24-16-12-22-9-7-21(8-10-22)11-15-23-13-5-19-17-25-3/h18-20H,4-17H2,1-3H3. The maximum atomic E-state index is 5.73. The Bertz CT molecular complexity index is 292. The molecule has 0 aromatic rings. The van der Waals surface area contributed by atoms with E-state index in [1.807, 2.05) is 11.8 Å². The van der Waals surface area contributed by atoms with E-state index < -0.39 is 0 Å². The van der Waals surface area contributed by atoms with Gasteiger partial charge in [-0.1, -0.05) is 6.92 Å². The summed E-state index contributed by atoms with van der Waals surface area (Å²) in [5.74, 6) is 1.00. The van der Waals surface area contributed by atoms with Gasteiger partial charge in [0.15, 0.2) is 0 Å². The zero-order chi connectivity index (χ0) is 18.2. The highest BCUT2D eigenvalue weighted by Crippen LogP contribution is 2.01. The summed E-state index contributed by atoms with van der Waals surface area (Å²) in [4.78, 5) is 5.01. The van der Waals surface area contributed by atoms with Crippen LogP contribution in [0.15, 0.2) is 0 Å². The second kappa shape index (κ2) is 16.3. The number of thioether (sulfide) groups is 1. The molecule has 1 atom stereocenters. The summed E-state index contributed by atoms with van der Waals surface area (Å²) in [6.45, 7) is 16.3. The second-order valence-electron chi connectivity index (χ2n) is 6.60. The van der Waals surface area contributed by atoms with Gasteiger partial charge in [-0.15, -0.1) is 11.8 Å². The lowest BCUT2D eigenvalue weighted by Crippen LogP contribution is -2.48. The first kappa shape index (κ1) is 23.1. The first-order chi connectivity index (χ1) is 12.3. The molecule has 6 nitrogen and oxygen atoms in total. The van der Waals surface area contributed by atoms with Crippen molar-refractivity contribution in [1.29, 1.82) is 0 Å². The van der Waals surface area contributed by atoms with Crippen molar-refractivity contribution in [3.8, 4) is 0 Å². The third-order valence-corrected chi connectivity index (χ3v) is 5.08. The first-order valence-electron chi connectivity index (χ1n) is 9.79. The number of hydrogen-bond donors (Lipinski definition) is 2. The number of ether oxygens (including phenoxy) is 2. The van der Waals surface area contributed by atoms with Gasteiger partial charge >= 0.3 is 0 Å². The average Bonchev–Trinajstić information content (AvgIpc) is 2.64. The molecule has 0 bridgehead atoms. The fourth-order valence-electron chi connectivity index (χ4n) is 2.67. The van der Waals surface area contributed by atoms with E-state index in [1.165, 1.54) is 6.42 Å².